The predicted octanol–water partition coefficient (Wildman–Crippen LogP) is 2.75. The predicted molar refractivity (Wildman–Crippen MR) is 72.1 cm³/mol. The largest absolute Gasteiger partial charge is 0.373 e. The Morgan fingerprint density at radius 1 is 1.47 bits per heavy atom. The third kappa shape index (κ3) is 3.43. The lowest BCUT2D eigenvalue weighted by molar-refractivity contribution is 0.111. The lowest BCUT2D eigenvalue weighted by atomic mass is 9.84. The van der Waals surface area contributed by atoms with Gasteiger partial charge in [0, 0.05) is 26.3 Å². The zero-order chi connectivity index (χ0) is 12.3. The Kier molecular flexibility index (Phi) is 3.67. The van der Waals surface area contributed by atoms with Gasteiger partial charge in [-0.25, -0.2) is 4.98 Å². The molecule has 0 unspecified atom stereocenters. The minimum Gasteiger partial charge on any atom is -0.373 e. The van der Waals surface area contributed by atoms with Crippen LogP contribution in [0.4, 0.5) is 5.82 Å². The van der Waals surface area contributed by atoms with Gasteiger partial charge in [-0.05, 0) is 42.5 Å². The van der Waals surface area contributed by atoms with Crippen LogP contribution in [0.25, 0.3) is 0 Å². The Labute approximate surface area is 104 Å². The fourth-order valence-electron chi connectivity index (χ4n) is 2.65. The second-order valence-corrected chi connectivity index (χ2v) is 5.78. The van der Waals surface area contributed by atoms with Crippen LogP contribution in [0, 0.1) is 5.41 Å². The van der Waals surface area contributed by atoms with Crippen LogP contribution in [0.1, 0.15) is 32.3 Å². The fourth-order valence-corrected chi connectivity index (χ4v) is 2.65. The van der Waals surface area contributed by atoms with Gasteiger partial charge in [0.25, 0.3) is 0 Å². The highest BCUT2D eigenvalue weighted by Crippen LogP contribution is 2.29. The number of nitrogens with zero attached hydrogens (tertiary/aromatic N) is 2. The van der Waals surface area contributed by atoms with Gasteiger partial charge in [0.05, 0.1) is 0 Å². The quantitative estimate of drug-likeness (QED) is 0.870. The number of nitrogens with one attached hydrogen (secondary N) is 1. The lowest BCUT2D eigenvalue weighted by Gasteiger charge is -2.38. The molecule has 1 N–H and O–H groups in total. The van der Waals surface area contributed by atoms with Gasteiger partial charge in [-0.2, -0.15) is 0 Å². The Hall–Kier alpha value is -1.09. The van der Waals surface area contributed by atoms with Gasteiger partial charge >= 0.3 is 0 Å². The first-order chi connectivity index (χ1) is 8.09. The Morgan fingerprint density at radius 3 is 3.00 bits per heavy atom. The summed E-state index contributed by atoms with van der Waals surface area (Å²) in [6, 6.07) is 4.25. The van der Waals surface area contributed by atoms with Crippen LogP contribution in [0.2, 0.25) is 0 Å². The molecule has 0 saturated carbocycles. The molecule has 0 spiro atoms. The Morgan fingerprint density at radius 2 is 2.29 bits per heavy atom. The minimum absolute atomic E-state index is 0.469. The van der Waals surface area contributed by atoms with Crippen molar-refractivity contribution in [1.82, 2.24) is 9.88 Å². The van der Waals surface area contributed by atoms with E-state index in [0.717, 1.165) is 12.4 Å². The summed E-state index contributed by atoms with van der Waals surface area (Å²) in [5.41, 5.74) is 1.82. The topological polar surface area (TPSA) is 28.2 Å². The molecule has 0 aliphatic carbocycles. The maximum Gasteiger partial charge on any atom is 0.125 e. The van der Waals surface area contributed by atoms with E-state index < -0.39 is 0 Å². The third-order valence-electron chi connectivity index (χ3n) is 3.47. The van der Waals surface area contributed by atoms with Crippen LogP contribution < -0.4 is 5.32 Å². The van der Waals surface area contributed by atoms with Gasteiger partial charge < -0.3 is 5.32 Å². The lowest BCUT2D eigenvalue weighted by Crippen LogP contribution is -2.39. The standard InChI is InChI=1S/C14H23N3/c1-14(2)6-4-8-17(11-14)10-12-5-7-16-13(9-12)15-3/h5,7,9H,4,6,8,10-11H2,1-3H3,(H,15,16). The monoisotopic (exact) mass is 233 g/mol. The number of hydrogen-bond acceptors (Lipinski definition) is 3. The van der Waals surface area contributed by atoms with Gasteiger partial charge in [0.15, 0.2) is 0 Å². The van der Waals surface area contributed by atoms with Crippen LogP contribution >= 0.6 is 0 Å². The second kappa shape index (κ2) is 5.05. The molecule has 1 aliphatic rings. The molecule has 2 rings (SSSR count). The van der Waals surface area contributed by atoms with Gasteiger partial charge in [-0.3, -0.25) is 4.90 Å². The Balaban J connectivity index is 2.00. The van der Waals surface area contributed by atoms with E-state index in [2.05, 4.69) is 41.2 Å². The maximum absolute atomic E-state index is 4.25. The molecule has 3 nitrogen and oxygen atoms in total. The second-order valence-electron chi connectivity index (χ2n) is 5.78. The number of piperidine rings is 1. The highest BCUT2D eigenvalue weighted by molar-refractivity contribution is 5.36. The highest BCUT2D eigenvalue weighted by atomic mass is 15.1. The molecule has 3 heteroatoms. The number of anilines is 1. The third-order valence-corrected chi connectivity index (χ3v) is 3.47. The maximum atomic E-state index is 4.25. The number of likely N-dealkylation sites (tertiary alicyclic amines) is 1. The molecular weight excluding hydrogens is 210 g/mol. The zero-order valence-electron chi connectivity index (χ0n) is 11.2. The van der Waals surface area contributed by atoms with E-state index in [9.17, 15) is 0 Å². The SMILES string of the molecule is CNc1cc(CN2CCCC(C)(C)C2)ccn1. The summed E-state index contributed by atoms with van der Waals surface area (Å²) in [7, 11) is 1.91. The van der Waals surface area contributed by atoms with Crippen molar-refractivity contribution >= 4 is 5.82 Å². The van der Waals surface area contributed by atoms with Gasteiger partial charge in [0.1, 0.15) is 5.82 Å². The molecular formula is C14H23N3. The average Bonchev–Trinajstić information content (AvgIpc) is 2.28. The average molecular weight is 233 g/mol. The molecule has 1 aromatic heterocycles. The van der Waals surface area contributed by atoms with Gasteiger partial charge in [0.2, 0.25) is 0 Å². The number of aromatic nitrogens is 1. The molecule has 17 heavy (non-hydrogen) atoms. The molecule has 1 aromatic rings. The normalized spacial score (nSPS) is 20.2. The molecule has 0 radical (unpaired) electrons. The van der Waals surface area contributed by atoms with Crippen molar-refractivity contribution in [2.45, 2.75) is 33.2 Å². The summed E-state index contributed by atoms with van der Waals surface area (Å²) < 4.78 is 0. The Bertz CT molecular complexity index is 373. The molecule has 0 atom stereocenters. The fraction of sp³-hybridized carbons (Fsp3) is 0.643. The first-order valence-corrected chi connectivity index (χ1v) is 6.44. The van der Waals surface area contributed by atoms with E-state index in [-0.39, 0.29) is 0 Å². The summed E-state index contributed by atoms with van der Waals surface area (Å²) in [6.45, 7) is 8.20. The van der Waals surface area contributed by atoms with Crippen LogP contribution in [0.3, 0.4) is 0 Å². The summed E-state index contributed by atoms with van der Waals surface area (Å²) >= 11 is 0. The van der Waals surface area contributed by atoms with E-state index in [0.29, 0.717) is 5.41 Å². The molecule has 0 bridgehead atoms. The molecule has 94 valence electrons. The summed E-state index contributed by atoms with van der Waals surface area (Å²) in [4.78, 5) is 6.80. The minimum atomic E-state index is 0.469. The molecule has 0 aromatic carbocycles. The highest BCUT2D eigenvalue weighted by Gasteiger charge is 2.26. The van der Waals surface area contributed by atoms with E-state index >= 15 is 0 Å². The molecule has 1 fully saturated rings. The first kappa shape index (κ1) is 12.4. The van der Waals surface area contributed by atoms with Crippen LogP contribution in [0.15, 0.2) is 18.3 Å². The van der Waals surface area contributed by atoms with Gasteiger partial charge in [-0.1, -0.05) is 13.8 Å². The summed E-state index contributed by atoms with van der Waals surface area (Å²) in [6.07, 6.45) is 4.55. The van der Waals surface area contributed by atoms with Crippen LogP contribution in [-0.4, -0.2) is 30.0 Å². The van der Waals surface area contributed by atoms with Crippen molar-refractivity contribution in [2.24, 2.45) is 5.41 Å². The van der Waals surface area contributed by atoms with Crippen LogP contribution in [-0.2, 0) is 6.54 Å². The van der Waals surface area contributed by atoms with E-state index in [1.54, 1.807) is 0 Å². The molecule has 1 saturated heterocycles. The zero-order valence-corrected chi connectivity index (χ0v) is 11.2. The van der Waals surface area contributed by atoms with Crippen molar-refractivity contribution in [3.63, 3.8) is 0 Å². The molecule has 1 aliphatic heterocycles. The molecule has 0 amide bonds. The number of pyridine rings is 1. The van der Waals surface area contributed by atoms with Crippen molar-refractivity contribution in [3.05, 3.63) is 23.9 Å². The van der Waals surface area contributed by atoms with E-state index in [1.807, 2.05) is 13.2 Å². The summed E-state index contributed by atoms with van der Waals surface area (Å²) in [5.74, 6) is 0.957. The van der Waals surface area contributed by atoms with Crippen molar-refractivity contribution < 1.29 is 0 Å². The van der Waals surface area contributed by atoms with E-state index in [1.165, 1.54) is 31.5 Å². The smallest absolute Gasteiger partial charge is 0.125 e. The van der Waals surface area contributed by atoms with Crippen LogP contribution in [0.5, 0.6) is 0 Å². The van der Waals surface area contributed by atoms with E-state index in [4.69, 9.17) is 0 Å². The summed E-state index contributed by atoms with van der Waals surface area (Å²) in [5, 5.41) is 3.09. The number of hydrogen-bond donors (Lipinski definition) is 1. The van der Waals surface area contributed by atoms with Gasteiger partial charge in [-0.15, -0.1) is 0 Å². The van der Waals surface area contributed by atoms with Crippen molar-refractivity contribution in [1.29, 1.82) is 0 Å². The number of rotatable bonds is 3. The van der Waals surface area contributed by atoms with Crippen molar-refractivity contribution in [2.75, 3.05) is 25.5 Å². The van der Waals surface area contributed by atoms with Crippen molar-refractivity contribution in [3.8, 4) is 0 Å². The first-order valence-electron chi connectivity index (χ1n) is 6.44. The molecule has 2 heterocycles.